The predicted octanol–water partition coefficient (Wildman–Crippen LogP) is 9.84. The lowest BCUT2D eigenvalue weighted by Gasteiger charge is -2.06. The highest BCUT2D eigenvalue weighted by Gasteiger charge is 2.11. The van der Waals surface area contributed by atoms with Crippen LogP contribution in [0.3, 0.4) is 0 Å². The molecule has 5 nitrogen and oxygen atoms in total. The number of hydrogen-bond acceptors (Lipinski definition) is 5. The largest absolute Gasteiger partial charge is 0.399 e. The van der Waals surface area contributed by atoms with Gasteiger partial charge in [-0.25, -0.2) is 8.37 Å². The normalized spacial score (nSPS) is 11.6. The van der Waals surface area contributed by atoms with Gasteiger partial charge in [-0.3, -0.25) is 0 Å². The molecule has 0 aromatic heterocycles. The average Bonchev–Trinajstić information content (AvgIpc) is 2.84. The Labute approximate surface area is 234 Å². The molecule has 0 aromatic carbocycles. The molecule has 0 N–H and O–H groups in total. The summed E-state index contributed by atoms with van der Waals surface area (Å²) < 4.78 is 33.5. The van der Waals surface area contributed by atoms with Crippen LogP contribution in [0.1, 0.15) is 168 Å². The third-order valence-corrected chi connectivity index (χ3v) is 7.36. The maximum absolute atomic E-state index is 11.8. The van der Waals surface area contributed by atoms with E-state index in [9.17, 15) is 8.42 Å². The van der Waals surface area contributed by atoms with E-state index in [0.717, 1.165) is 32.1 Å². The van der Waals surface area contributed by atoms with Crippen LogP contribution < -0.4 is 0 Å². The van der Waals surface area contributed by atoms with Crippen molar-refractivity contribution in [2.24, 2.45) is 0 Å². The molecule has 0 spiro atoms. The van der Waals surface area contributed by atoms with Gasteiger partial charge in [0.15, 0.2) is 0 Å². The fourth-order valence-corrected chi connectivity index (χ4v) is 4.95. The van der Waals surface area contributed by atoms with Gasteiger partial charge in [0.25, 0.3) is 0 Å². The summed E-state index contributed by atoms with van der Waals surface area (Å²) in [6.45, 7) is 5.01. The third kappa shape index (κ3) is 40.5. The van der Waals surface area contributed by atoms with Crippen LogP contribution in [0.2, 0.25) is 0 Å². The van der Waals surface area contributed by atoms with Crippen LogP contribution in [0.15, 0.2) is 0 Å². The van der Waals surface area contributed by atoms with Gasteiger partial charge in [0.1, 0.15) is 0 Å². The zero-order valence-corrected chi connectivity index (χ0v) is 26.7. The Kier molecular flexibility index (Phi) is 33.8. The summed E-state index contributed by atoms with van der Waals surface area (Å²) in [5.74, 6) is 0. The van der Waals surface area contributed by atoms with Gasteiger partial charge in [0, 0.05) is 0 Å². The molecular formula is C31H67NO4S. The smallest absolute Gasteiger partial charge is 0.312 e. The Morgan fingerprint density at radius 3 is 0.811 bits per heavy atom. The molecule has 0 radical (unpaired) electrons. The molecule has 0 amide bonds. The highest BCUT2D eigenvalue weighted by atomic mass is 32.3. The highest BCUT2D eigenvalue weighted by Crippen LogP contribution is 2.14. The van der Waals surface area contributed by atoms with Gasteiger partial charge in [-0.15, -0.1) is 0 Å². The van der Waals surface area contributed by atoms with E-state index in [1.54, 1.807) is 0 Å². The van der Waals surface area contributed by atoms with Crippen molar-refractivity contribution in [2.75, 3.05) is 34.4 Å². The predicted molar refractivity (Wildman–Crippen MR) is 163 cm³/mol. The van der Waals surface area contributed by atoms with Gasteiger partial charge in [0.05, 0.1) is 13.2 Å². The first-order chi connectivity index (χ1) is 17.9. The summed E-state index contributed by atoms with van der Waals surface area (Å²) in [4.78, 5) is 2.00. The Morgan fingerprint density at radius 2 is 0.595 bits per heavy atom. The second kappa shape index (κ2) is 32.0. The third-order valence-electron chi connectivity index (χ3n) is 6.45. The molecule has 0 rings (SSSR count). The first kappa shape index (κ1) is 39.0. The standard InChI is InChI=1S/C28H58O4S.C3H9N/c1-3-5-7-9-11-13-15-16-17-18-20-22-24-26-28-32-33(29,30)31-27-25-23-21-19-14-12-10-8-6-4-2;1-4(2)3/h3-28H2,1-2H3;1-3H3. The Morgan fingerprint density at radius 1 is 0.405 bits per heavy atom. The Bertz CT molecular complexity index is 509. The molecule has 0 bridgehead atoms. The molecule has 0 aromatic rings. The molecule has 0 aliphatic heterocycles. The molecule has 0 saturated heterocycles. The lowest BCUT2D eigenvalue weighted by atomic mass is 10.0. The fourth-order valence-electron chi connectivity index (χ4n) is 4.24. The van der Waals surface area contributed by atoms with E-state index in [2.05, 4.69) is 13.8 Å². The van der Waals surface area contributed by atoms with Gasteiger partial charge >= 0.3 is 10.4 Å². The molecule has 0 saturated carbocycles. The van der Waals surface area contributed by atoms with E-state index in [0.29, 0.717) is 0 Å². The van der Waals surface area contributed by atoms with Crippen molar-refractivity contribution in [3.05, 3.63) is 0 Å². The van der Waals surface area contributed by atoms with Gasteiger partial charge in [0.2, 0.25) is 0 Å². The monoisotopic (exact) mass is 549 g/mol. The second-order valence-corrected chi connectivity index (χ2v) is 12.5. The molecule has 0 heterocycles. The molecule has 6 heteroatoms. The minimum absolute atomic E-state index is 0.248. The first-order valence-electron chi connectivity index (χ1n) is 16.0. The van der Waals surface area contributed by atoms with E-state index in [4.69, 9.17) is 8.37 Å². The van der Waals surface area contributed by atoms with Crippen molar-refractivity contribution in [1.29, 1.82) is 0 Å². The molecule has 0 atom stereocenters. The number of nitrogens with zero attached hydrogens (tertiary/aromatic N) is 1. The topological polar surface area (TPSA) is 55.8 Å². The Balaban J connectivity index is 0. The lowest BCUT2D eigenvalue weighted by molar-refractivity contribution is 0.208. The fraction of sp³-hybridized carbons (Fsp3) is 1.00. The van der Waals surface area contributed by atoms with E-state index >= 15 is 0 Å². The van der Waals surface area contributed by atoms with Crippen LogP contribution in [-0.2, 0) is 18.8 Å². The minimum Gasteiger partial charge on any atom is -0.312 e. The van der Waals surface area contributed by atoms with E-state index in [-0.39, 0.29) is 13.2 Å². The number of hydrogen-bond donors (Lipinski definition) is 0. The zero-order valence-electron chi connectivity index (χ0n) is 25.9. The zero-order chi connectivity index (χ0) is 27.9. The van der Waals surface area contributed by atoms with Crippen LogP contribution in [0.25, 0.3) is 0 Å². The van der Waals surface area contributed by atoms with Crippen LogP contribution >= 0.6 is 0 Å². The van der Waals surface area contributed by atoms with E-state index < -0.39 is 10.4 Å². The molecule has 0 aliphatic carbocycles. The van der Waals surface area contributed by atoms with Crippen molar-refractivity contribution in [3.8, 4) is 0 Å². The van der Waals surface area contributed by atoms with Crippen LogP contribution in [0, 0.1) is 0 Å². The van der Waals surface area contributed by atoms with Crippen molar-refractivity contribution >= 4 is 10.4 Å². The minimum atomic E-state index is -3.81. The van der Waals surface area contributed by atoms with Crippen LogP contribution in [0.5, 0.6) is 0 Å². The molecule has 0 unspecified atom stereocenters. The van der Waals surface area contributed by atoms with E-state index in [1.807, 2.05) is 26.0 Å². The SMILES string of the molecule is CCCCCCCCCCCCCCCCOS(=O)(=O)OCCCCCCCCCCCC.CN(C)C. The van der Waals surface area contributed by atoms with Crippen LogP contribution in [0.4, 0.5) is 0 Å². The summed E-state index contributed by atoms with van der Waals surface area (Å²) in [5, 5.41) is 0. The highest BCUT2D eigenvalue weighted by molar-refractivity contribution is 7.81. The molecular weight excluding hydrogens is 482 g/mol. The first-order valence-corrected chi connectivity index (χ1v) is 17.3. The second-order valence-electron chi connectivity index (χ2n) is 11.2. The summed E-state index contributed by atoms with van der Waals surface area (Å²) in [6, 6.07) is 0. The van der Waals surface area contributed by atoms with Gasteiger partial charge in [-0.1, -0.05) is 155 Å². The van der Waals surface area contributed by atoms with Gasteiger partial charge < -0.3 is 4.90 Å². The summed E-state index contributed by atoms with van der Waals surface area (Å²) in [5.41, 5.74) is 0. The average molecular weight is 550 g/mol. The Hall–Kier alpha value is -0.170. The maximum Gasteiger partial charge on any atom is 0.399 e. The van der Waals surface area contributed by atoms with E-state index in [1.165, 1.54) is 122 Å². The van der Waals surface area contributed by atoms with Crippen molar-refractivity contribution in [3.63, 3.8) is 0 Å². The number of unbranched alkanes of at least 4 members (excludes halogenated alkanes) is 22. The van der Waals surface area contributed by atoms with Crippen molar-refractivity contribution in [1.82, 2.24) is 4.90 Å². The molecule has 0 aliphatic rings. The lowest BCUT2D eigenvalue weighted by Crippen LogP contribution is -2.12. The number of rotatable bonds is 28. The van der Waals surface area contributed by atoms with Gasteiger partial charge in [-0.2, -0.15) is 8.42 Å². The van der Waals surface area contributed by atoms with Gasteiger partial charge in [-0.05, 0) is 34.0 Å². The molecule has 37 heavy (non-hydrogen) atoms. The maximum atomic E-state index is 11.8. The van der Waals surface area contributed by atoms with Crippen molar-refractivity contribution < 1.29 is 16.8 Å². The summed E-state index contributed by atoms with van der Waals surface area (Å²) >= 11 is 0. The quantitative estimate of drug-likeness (QED) is 0.0909. The molecule has 0 fully saturated rings. The summed E-state index contributed by atoms with van der Waals surface area (Å²) in [7, 11) is 2.19. The molecule has 226 valence electrons. The van der Waals surface area contributed by atoms with Crippen LogP contribution in [-0.4, -0.2) is 47.7 Å². The van der Waals surface area contributed by atoms with Crippen molar-refractivity contribution in [2.45, 2.75) is 168 Å². The summed E-state index contributed by atoms with van der Waals surface area (Å²) in [6.07, 6.45) is 30.2.